The summed E-state index contributed by atoms with van der Waals surface area (Å²) in [6.45, 7) is 7.28. The van der Waals surface area contributed by atoms with Crippen molar-refractivity contribution in [3.63, 3.8) is 0 Å². The molecule has 35 heavy (non-hydrogen) atoms. The highest BCUT2D eigenvalue weighted by molar-refractivity contribution is 5.83. The molecule has 0 bridgehead atoms. The molecule has 3 N–H and O–H groups in total. The van der Waals surface area contributed by atoms with Crippen LogP contribution in [0.1, 0.15) is 57.6 Å². The highest BCUT2D eigenvalue weighted by atomic mass is 16.5. The van der Waals surface area contributed by atoms with Crippen molar-refractivity contribution in [1.29, 1.82) is 0 Å². The van der Waals surface area contributed by atoms with E-state index in [4.69, 9.17) is 9.47 Å². The molecule has 0 saturated carbocycles. The van der Waals surface area contributed by atoms with Crippen LogP contribution >= 0.6 is 0 Å². The molecule has 8 nitrogen and oxygen atoms in total. The van der Waals surface area contributed by atoms with Gasteiger partial charge >= 0.3 is 12.1 Å². The molecule has 2 atom stereocenters. The first-order valence-corrected chi connectivity index (χ1v) is 11.8. The van der Waals surface area contributed by atoms with Crippen LogP contribution in [-0.4, -0.2) is 54.0 Å². The highest BCUT2D eigenvalue weighted by Crippen LogP contribution is 2.44. The van der Waals surface area contributed by atoms with E-state index in [1.807, 2.05) is 45.0 Å². The van der Waals surface area contributed by atoms with Crippen molar-refractivity contribution in [3.8, 4) is 11.1 Å². The van der Waals surface area contributed by atoms with Gasteiger partial charge in [-0.15, -0.1) is 0 Å². The van der Waals surface area contributed by atoms with Crippen molar-refractivity contribution in [2.45, 2.75) is 64.1 Å². The molecule has 2 amide bonds. The van der Waals surface area contributed by atoms with E-state index in [0.717, 1.165) is 22.3 Å². The van der Waals surface area contributed by atoms with Gasteiger partial charge in [0.25, 0.3) is 0 Å². The number of fused-ring (bicyclic) bond motifs is 3. The maximum absolute atomic E-state index is 12.4. The number of nitrogens with one attached hydrogen (secondary N) is 2. The molecule has 0 radical (unpaired) electrons. The number of aliphatic carboxylic acids is 1. The number of hydrogen-bond acceptors (Lipinski definition) is 5. The van der Waals surface area contributed by atoms with E-state index >= 15 is 0 Å². The van der Waals surface area contributed by atoms with Gasteiger partial charge in [0.2, 0.25) is 5.91 Å². The second kappa shape index (κ2) is 11.4. The first kappa shape index (κ1) is 26.2. The van der Waals surface area contributed by atoms with Crippen LogP contribution < -0.4 is 10.6 Å². The van der Waals surface area contributed by atoms with Gasteiger partial charge in [-0.25, -0.2) is 9.59 Å². The smallest absolute Gasteiger partial charge is 0.407 e. The molecule has 0 fully saturated rings. The average molecular weight is 483 g/mol. The minimum atomic E-state index is -1.16. The number of ether oxygens (including phenoxy) is 2. The summed E-state index contributed by atoms with van der Waals surface area (Å²) >= 11 is 0. The van der Waals surface area contributed by atoms with E-state index in [1.165, 1.54) is 0 Å². The highest BCUT2D eigenvalue weighted by Gasteiger charge is 2.29. The Bertz CT molecular complexity index is 1020. The number of carboxylic acid groups (broad SMARTS) is 1. The number of hydrogen-bond donors (Lipinski definition) is 3. The summed E-state index contributed by atoms with van der Waals surface area (Å²) in [5.74, 6) is -1.61. The summed E-state index contributed by atoms with van der Waals surface area (Å²) in [5, 5.41) is 14.5. The summed E-state index contributed by atoms with van der Waals surface area (Å²) in [5.41, 5.74) is 4.07. The number of carbonyl (C=O) groups excluding carboxylic acids is 2. The summed E-state index contributed by atoms with van der Waals surface area (Å²) < 4.78 is 11.0. The van der Waals surface area contributed by atoms with Crippen LogP contribution in [0.5, 0.6) is 0 Å². The van der Waals surface area contributed by atoms with Gasteiger partial charge in [0.05, 0.1) is 12.2 Å². The Hall–Kier alpha value is -3.39. The molecule has 2 aromatic rings. The zero-order valence-electron chi connectivity index (χ0n) is 20.7. The fraction of sp³-hybridized carbons (Fsp3) is 0.444. The zero-order valence-corrected chi connectivity index (χ0v) is 20.7. The number of alkyl carbamates (subject to hydrolysis) is 1. The van der Waals surface area contributed by atoms with Crippen molar-refractivity contribution < 1.29 is 29.0 Å². The second-order valence-electron chi connectivity index (χ2n) is 9.79. The third kappa shape index (κ3) is 7.29. The van der Waals surface area contributed by atoms with Crippen molar-refractivity contribution in [2.75, 3.05) is 13.2 Å². The molecular weight excluding hydrogens is 448 g/mol. The van der Waals surface area contributed by atoms with Crippen LogP contribution in [0.15, 0.2) is 48.5 Å². The molecule has 1 aliphatic rings. The summed E-state index contributed by atoms with van der Waals surface area (Å²) in [7, 11) is 0. The van der Waals surface area contributed by atoms with Gasteiger partial charge in [-0.3, -0.25) is 4.79 Å². The second-order valence-corrected chi connectivity index (χ2v) is 9.79. The molecule has 0 saturated heterocycles. The number of amides is 2. The number of carboxylic acids is 1. The average Bonchev–Trinajstić information content (AvgIpc) is 3.12. The lowest BCUT2D eigenvalue weighted by Gasteiger charge is -2.23. The monoisotopic (exact) mass is 482 g/mol. The Labute approximate surface area is 206 Å². The number of carbonyl (C=O) groups is 3. The molecule has 0 aliphatic heterocycles. The minimum Gasteiger partial charge on any atom is -0.480 e. The van der Waals surface area contributed by atoms with Gasteiger partial charge in [0.1, 0.15) is 6.61 Å². The fourth-order valence-electron chi connectivity index (χ4n) is 4.04. The van der Waals surface area contributed by atoms with Crippen molar-refractivity contribution in [3.05, 3.63) is 59.7 Å². The van der Waals surface area contributed by atoms with Gasteiger partial charge in [-0.05, 0) is 56.4 Å². The van der Waals surface area contributed by atoms with Crippen LogP contribution in [-0.2, 0) is 19.1 Å². The lowest BCUT2D eigenvalue weighted by Crippen LogP contribution is -2.45. The minimum absolute atomic E-state index is 0.0301. The van der Waals surface area contributed by atoms with E-state index in [-0.39, 0.29) is 31.6 Å². The van der Waals surface area contributed by atoms with Gasteiger partial charge in [0.15, 0.2) is 6.04 Å². The predicted octanol–water partition coefficient (Wildman–Crippen LogP) is 4.08. The number of rotatable bonds is 10. The molecular formula is C27H34N2O6. The molecule has 3 rings (SSSR count). The Morgan fingerprint density at radius 1 is 0.971 bits per heavy atom. The molecule has 188 valence electrons. The maximum Gasteiger partial charge on any atom is 0.407 e. The topological polar surface area (TPSA) is 114 Å². The molecule has 8 heteroatoms. The zero-order chi connectivity index (χ0) is 25.6. The van der Waals surface area contributed by atoms with Gasteiger partial charge < -0.3 is 25.2 Å². The molecule has 0 heterocycles. The number of benzene rings is 2. The SMILES string of the molecule is CC(CCC(=O)N[C@@H](COC(C)(C)C)C(=O)O)NC(=O)OCC1c2ccccc2-c2ccccc21. The van der Waals surface area contributed by atoms with Crippen LogP contribution in [0.25, 0.3) is 11.1 Å². The molecule has 1 aliphatic carbocycles. The molecule has 0 spiro atoms. The Kier molecular flexibility index (Phi) is 8.51. The van der Waals surface area contributed by atoms with Gasteiger partial charge in [-0.2, -0.15) is 0 Å². The molecule has 2 aromatic carbocycles. The lowest BCUT2D eigenvalue weighted by molar-refractivity contribution is -0.145. The fourth-order valence-corrected chi connectivity index (χ4v) is 4.04. The largest absolute Gasteiger partial charge is 0.480 e. The van der Waals surface area contributed by atoms with Crippen LogP contribution in [0.4, 0.5) is 4.79 Å². The molecule has 0 aromatic heterocycles. The summed E-state index contributed by atoms with van der Waals surface area (Å²) in [4.78, 5) is 36.0. The van der Waals surface area contributed by atoms with E-state index < -0.39 is 29.6 Å². The van der Waals surface area contributed by atoms with E-state index in [1.54, 1.807) is 6.92 Å². The maximum atomic E-state index is 12.4. The third-order valence-electron chi connectivity index (χ3n) is 5.83. The summed E-state index contributed by atoms with van der Waals surface area (Å²) in [6, 6.07) is 14.8. The van der Waals surface area contributed by atoms with Crippen molar-refractivity contribution in [1.82, 2.24) is 10.6 Å². The van der Waals surface area contributed by atoms with Crippen LogP contribution in [0.3, 0.4) is 0 Å². The first-order chi connectivity index (χ1) is 16.5. The normalized spacial score (nSPS) is 14.4. The van der Waals surface area contributed by atoms with E-state index in [0.29, 0.717) is 6.42 Å². The predicted molar refractivity (Wildman–Crippen MR) is 132 cm³/mol. The van der Waals surface area contributed by atoms with Gasteiger partial charge in [-0.1, -0.05) is 48.5 Å². The van der Waals surface area contributed by atoms with Crippen molar-refractivity contribution in [2.24, 2.45) is 0 Å². The van der Waals surface area contributed by atoms with Crippen molar-refractivity contribution >= 4 is 18.0 Å². The van der Waals surface area contributed by atoms with Gasteiger partial charge in [0, 0.05) is 18.4 Å². The quantitative estimate of drug-likeness (QED) is 0.470. The van der Waals surface area contributed by atoms with Crippen LogP contribution in [0.2, 0.25) is 0 Å². The van der Waals surface area contributed by atoms with E-state index in [2.05, 4.69) is 34.9 Å². The summed E-state index contributed by atoms with van der Waals surface area (Å²) in [6.07, 6.45) is -0.158. The Morgan fingerprint density at radius 2 is 1.54 bits per heavy atom. The standard InChI is InChI=1S/C27H34N2O6/c1-17(13-14-24(30)29-23(25(31)32)16-35-27(2,3)4)28-26(33)34-15-22-20-11-7-5-9-18(20)19-10-6-8-12-21(19)22/h5-12,17,22-23H,13-16H2,1-4H3,(H,28,33)(H,29,30)(H,31,32)/t17?,23-/m0/s1. The van der Waals surface area contributed by atoms with E-state index in [9.17, 15) is 19.5 Å². The first-order valence-electron chi connectivity index (χ1n) is 11.8. The van der Waals surface area contributed by atoms with Crippen LogP contribution in [0, 0.1) is 0 Å². The Balaban J connectivity index is 1.45. The Morgan fingerprint density at radius 3 is 2.09 bits per heavy atom. The lowest BCUT2D eigenvalue weighted by atomic mass is 9.98. The molecule has 1 unspecified atom stereocenters. The third-order valence-corrected chi connectivity index (χ3v) is 5.83.